The molecule has 4 rings (SSSR count). The molecular formula is C40H49N3O10S. The van der Waals surface area contributed by atoms with Gasteiger partial charge in [0.05, 0.1) is 83.3 Å². The van der Waals surface area contributed by atoms with Crippen LogP contribution in [-0.2, 0) is 50.6 Å². The van der Waals surface area contributed by atoms with Gasteiger partial charge in [-0.1, -0.05) is 42.2 Å². The Morgan fingerprint density at radius 2 is 1.30 bits per heavy atom. The number of ether oxygens (including phenoxy) is 6. The monoisotopic (exact) mass is 763 g/mol. The molecule has 54 heavy (non-hydrogen) atoms. The van der Waals surface area contributed by atoms with E-state index in [1.807, 2.05) is 30.3 Å². The van der Waals surface area contributed by atoms with Crippen molar-refractivity contribution < 1.29 is 46.1 Å². The molecule has 0 unspecified atom stereocenters. The summed E-state index contributed by atoms with van der Waals surface area (Å²) in [4.78, 5) is 17.2. The zero-order chi connectivity index (χ0) is 38.3. The number of carbonyl (C=O) groups excluding carboxylic acids is 1. The average molecular weight is 764 g/mol. The molecule has 0 bridgehead atoms. The van der Waals surface area contributed by atoms with Crippen molar-refractivity contribution in [1.29, 1.82) is 0 Å². The van der Waals surface area contributed by atoms with Gasteiger partial charge in [0.25, 0.3) is 5.91 Å². The van der Waals surface area contributed by atoms with Gasteiger partial charge in [-0.05, 0) is 61.0 Å². The number of amides is 1. The lowest BCUT2D eigenvalue weighted by Gasteiger charge is -2.07. The minimum absolute atomic E-state index is 0.151. The molecule has 4 aromatic rings. The first-order valence-electron chi connectivity index (χ1n) is 17.7. The summed E-state index contributed by atoms with van der Waals surface area (Å²) in [7, 11) is -3.71. The van der Waals surface area contributed by atoms with Gasteiger partial charge in [-0.25, -0.2) is 13.4 Å². The second-order valence-electron chi connectivity index (χ2n) is 11.8. The summed E-state index contributed by atoms with van der Waals surface area (Å²) in [5.41, 5.74) is 8.43. The third kappa shape index (κ3) is 15.5. The summed E-state index contributed by atoms with van der Waals surface area (Å²) in [5, 5.41) is 2.90. The first-order chi connectivity index (χ1) is 26.4. The maximum Gasteiger partial charge on any atom is 0.251 e. The van der Waals surface area contributed by atoms with Crippen LogP contribution in [-0.4, -0.2) is 105 Å². The Kier molecular flexibility index (Phi) is 18.9. The number of nitrogens with zero attached hydrogens (tertiary/aromatic N) is 1. The molecule has 0 saturated carbocycles. The highest BCUT2D eigenvalue weighted by atomic mass is 32.2. The number of oxazole rings is 1. The maximum atomic E-state index is 13.2. The zero-order valence-corrected chi connectivity index (χ0v) is 31.4. The number of sulfone groups is 1. The molecule has 3 N–H and O–H groups in total. The standard InChI is InChI=1S/C40H49N3O10S/c1-32-38(43-40(53-32)36-13-11-35(12-14-36)39(44)42-30-34-6-3-2-4-7-34)31-54(45,46)37-15-9-33(10-16-37)8-5-18-47-20-22-49-24-26-51-28-29-52-27-25-50-23-21-48-19-17-41/h2-4,6-7,9-16H,17-31,41H2,1H3,(H,42,44). The van der Waals surface area contributed by atoms with Crippen molar-refractivity contribution in [2.24, 2.45) is 5.73 Å². The van der Waals surface area contributed by atoms with Gasteiger partial charge in [-0.15, -0.1) is 0 Å². The van der Waals surface area contributed by atoms with Crippen molar-refractivity contribution in [1.82, 2.24) is 10.3 Å². The summed E-state index contributed by atoms with van der Waals surface area (Å²) in [5.74, 6) is 6.05. The van der Waals surface area contributed by atoms with Crippen molar-refractivity contribution in [3.05, 3.63) is 107 Å². The minimum atomic E-state index is -3.71. The Morgan fingerprint density at radius 3 is 1.87 bits per heavy atom. The third-order valence-corrected chi connectivity index (χ3v) is 9.30. The largest absolute Gasteiger partial charge is 0.441 e. The van der Waals surface area contributed by atoms with E-state index in [1.165, 1.54) is 12.1 Å². The van der Waals surface area contributed by atoms with Crippen LogP contribution in [0.4, 0.5) is 0 Å². The summed E-state index contributed by atoms with van der Waals surface area (Å²) < 4.78 is 64.7. The van der Waals surface area contributed by atoms with Gasteiger partial charge in [0.1, 0.15) is 18.1 Å². The van der Waals surface area contributed by atoms with E-state index >= 15 is 0 Å². The molecule has 0 fully saturated rings. The smallest absolute Gasteiger partial charge is 0.251 e. The van der Waals surface area contributed by atoms with E-state index in [1.54, 1.807) is 43.3 Å². The normalized spacial score (nSPS) is 11.3. The van der Waals surface area contributed by atoms with Crippen LogP contribution >= 0.6 is 0 Å². The molecule has 0 aliphatic heterocycles. The fourth-order valence-corrected chi connectivity index (χ4v) is 6.13. The number of benzene rings is 3. The van der Waals surface area contributed by atoms with Gasteiger partial charge in [0, 0.05) is 29.8 Å². The van der Waals surface area contributed by atoms with Gasteiger partial charge >= 0.3 is 0 Å². The molecule has 0 radical (unpaired) electrons. The number of hydrogen-bond acceptors (Lipinski definition) is 12. The Labute approximate surface area is 317 Å². The van der Waals surface area contributed by atoms with E-state index in [9.17, 15) is 13.2 Å². The molecule has 1 aromatic heterocycles. The number of aromatic nitrogens is 1. The van der Waals surface area contributed by atoms with E-state index in [4.69, 9.17) is 38.6 Å². The number of aryl methyl sites for hydroxylation is 1. The van der Waals surface area contributed by atoms with Crippen LogP contribution in [0.1, 0.15) is 32.9 Å². The Balaban J connectivity index is 1.09. The van der Waals surface area contributed by atoms with Gasteiger partial charge in [0.15, 0.2) is 9.84 Å². The van der Waals surface area contributed by atoms with E-state index in [0.717, 1.165) is 5.56 Å². The molecule has 14 heteroatoms. The van der Waals surface area contributed by atoms with Crippen molar-refractivity contribution in [2.45, 2.75) is 24.1 Å². The van der Waals surface area contributed by atoms with E-state index in [0.29, 0.717) is 114 Å². The number of nitrogens with two attached hydrogens (primary N) is 1. The summed E-state index contributed by atoms with van der Waals surface area (Å²) in [6.45, 7) is 8.03. The second kappa shape index (κ2) is 24.1. The van der Waals surface area contributed by atoms with Crippen LogP contribution in [0.25, 0.3) is 11.5 Å². The minimum Gasteiger partial charge on any atom is -0.441 e. The SMILES string of the molecule is Cc1oc(-c2ccc(C(=O)NCc3ccccc3)cc2)nc1CS(=O)(=O)c1ccc(C#CCOCCOCCOCCOCCOCCOCCN)cc1. The Bertz CT molecular complexity index is 1840. The molecule has 0 aliphatic carbocycles. The molecular weight excluding hydrogens is 715 g/mol. The number of rotatable bonds is 25. The first kappa shape index (κ1) is 42.3. The van der Waals surface area contributed by atoms with Crippen LogP contribution in [0.2, 0.25) is 0 Å². The predicted octanol–water partition coefficient (Wildman–Crippen LogP) is 3.96. The molecule has 290 valence electrons. The van der Waals surface area contributed by atoms with Gasteiger partial charge in [-0.3, -0.25) is 4.79 Å². The quantitative estimate of drug-likeness (QED) is 0.0737. The highest BCUT2D eigenvalue weighted by Crippen LogP contribution is 2.25. The molecule has 3 aromatic carbocycles. The lowest BCUT2D eigenvalue weighted by molar-refractivity contribution is -0.0151. The Hall–Kier alpha value is -4.43. The zero-order valence-electron chi connectivity index (χ0n) is 30.6. The van der Waals surface area contributed by atoms with Crippen LogP contribution < -0.4 is 11.1 Å². The van der Waals surface area contributed by atoms with Gasteiger partial charge in [-0.2, -0.15) is 0 Å². The first-order valence-corrected chi connectivity index (χ1v) is 19.4. The molecule has 0 saturated heterocycles. The number of hydrogen-bond donors (Lipinski definition) is 2. The predicted molar refractivity (Wildman–Crippen MR) is 202 cm³/mol. The maximum absolute atomic E-state index is 13.2. The number of carbonyl (C=O) groups is 1. The molecule has 0 spiro atoms. The molecule has 0 atom stereocenters. The van der Waals surface area contributed by atoms with Gasteiger partial charge in [0.2, 0.25) is 5.89 Å². The van der Waals surface area contributed by atoms with Crippen LogP contribution in [0.5, 0.6) is 0 Å². The van der Waals surface area contributed by atoms with Crippen LogP contribution in [0, 0.1) is 18.8 Å². The molecule has 1 heterocycles. The highest BCUT2D eigenvalue weighted by molar-refractivity contribution is 7.90. The lowest BCUT2D eigenvalue weighted by Crippen LogP contribution is -2.22. The van der Waals surface area contributed by atoms with Crippen molar-refractivity contribution in [2.75, 3.05) is 85.8 Å². The lowest BCUT2D eigenvalue weighted by atomic mass is 10.1. The van der Waals surface area contributed by atoms with E-state index in [-0.39, 0.29) is 29.1 Å². The fourth-order valence-electron chi connectivity index (χ4n) is 4.78. The summed E-state index contributed by atoms with van der Waals surface area (Å²) in [6, 6.07) is 22.8. The molecule has 13 nitrogen and oxygen atoms in total. The van der Waals surface area contributed by atoms with E-state index < -0.39 is 9.84 Å². The van der Waals surface area contributed by atoms with Crippen LogP contribution in [0.3, 0.4) is 0 Å². The highest BCUT2D eigenvalue weighted by Gasteiger charge is 2.21. The summed E-state index contributed by atoms with van der Waals surface area (Å²) in [6.07, 6.45) is 0. The summed E-state index contributed by atoms with van der Waals surface area (Å²) >= 11 is 0. The van der Waals surface area contributed by atoms with Crippen LogP contribution in [0.15, 0.2) is 88.2 Å². The second-order valence-corrected chi connectivity index (χ2v) is 13.7. The topological polar surface area (TPSA) is 171 Å². The van der Waals surface area contributed by atoms with Crippen molar-refractivity contribution in [3.63, 3.8) is 0 Å². The van der Waals surface area contributed by atoms with Crippen molar-refractivity contribution in [3.8, 4) is 23.3 Å². The van der Waals surface area contributed by atoms with Gasteiger partial charge < -0.3 is 43.9 Å². The molecule has 1 amide bonds. The third-order valence-electron chi connectivity index (χ3n) is 7.65. The average Bonchev–Trinajstić information content (AvgIpc) is 3.55. The molecule has 0 aliphatic rings. The van der Waals surface area contributed by atoms with E-state index in [2.05, 4.69) is 22.1 Å². The number of nitrogens with one attached hydrogen (secondary N) is 1. The van der Waals surface area contributed by atoms with Crippen molar-refractivity contribution >= 4 is 15.7 Å². The Morgan fingerprint density at radius 1 is 0.741 bits per heavy atom. The fraction of sp³-hybridized carbons (Fsp3) is 0.400.